The van der Waals surface area contributed by atoms with E-state index >= 15 is 0 Å². The number of nitrogens with zero attached hydrogens (tertiary/aromatic N) is 2. The van der Waals surface area contributed by atoms with Crippen LogP contribution in [0.3, 0.4) is 0 Å². The maximum absolute atomic E-state index is 12.6. The zero-order valence-corrected chi connectivity index (χ0v) is 27.8. The molecule has 0 saturated carbocycles. The second kappa shape index (κ2) is 14.1. The number of carbonyl (C=O) groups is 4. The Morgan fingerprint density at radius 2 is 1.07 bits per heavy atom. The molecule has 2 amide bonds. The average Bonchev–Trinajstić information content (AvgIpc) is 3.64. The van der Waals surface area contributed by atoms with Gasteiger partial charge >= 0.3 is 24.1 Å². The van der Waals surface area contributed by atoms with Crippen LogP contribution in [0.15, 0.2) is 48.5 Å². The second-order valence-electron chi connectivity index (χ2n) is 14.6. The molecule has 4 rings (SSSR count). The lowest BCUT2D eigenvalue weighted by Gasteiger charge is -2.25. The summed E-state index contributed by atoms with van der Waals surface area (Å²) in [7, 11) is 0. The molecule has 2 aromatic rings. The first-order valence-electron chi connectivity index (χ1n) is 16.1. The highest BCUT2D eigenvalue weighted by atomic mass is 16.6. The molecule has 0 bridgehead atoms. The number of ether oxygens (including phenoxy) is 2. The Morgan fingerprint density at radius 1 is 0.696 bits per heavy atom. The van der Waals surface area contributed by atoms with Crippen LogP contribution < -0.4 is 0 Å². The van der Waals surface area contributed by atoms with Crippen molar-refractivity contribution in [3.8, 4) is 11.1 Å². The van der Waals surface area contributed by atoms with Gasteiger partial charge in [0, 0.05) is 26.2 Å². The van der Waals surface area contributed by atoms with Crippen molar-refractivity contribution in [3.63, 3.8) is 0 Å². The molecule has 10 heteroatoms. The molecule has 2 aromatic carbocycles. The molecule has 2 aliphatic heterocycles. The molecule has 0 unspecified atom stereocenters. The Hall–Kier alpha value is -4.08. The third-order valence-electron chi connectivity index (χ3n) is 8.62. The topological polar surface area (TPSA) is 134 Å². The molecule has 2 saturated heterocycles. The lowest BCUT2D eigenvalue weighted by Crippen LogP contribution is -2.36. The van der Waals surface area contributed by atoms with Gasteiger partial charge in [0.2, 0.25) is 0 Å². The third-order valence-corrected chi connectivity index (χ3v) is 8.62. The van der Waals surface area contributed by atoms with Crippen LogP contribution in [0.2, 0.25) is 0 Å². The predicted octanol–water partition coefficient (Wildman–Crippen LogP) is 6.35. The summed E-state index contributed by atoms with van der Waals surface area (Å²) in [5.74, 6) is -3.46. The normalized spacial score (nSPS) is 19.9. The number of carboxylic acids is 2. The standard InChI is InChI=1S/C36H48N2O8/c1-35(2,3)45-33(43)37-15-13-27(21-37)29(31(39)40)19-23-9-7-11-25(17-23)26-12-8-10-24(18-26)20-30(32(41)42)28-14-16-38(22-28)34(44)46-36(4,5)6/h7-12,17-18,27-30H,13-16,19-22H2,1-6H3,(H,39,40)(H,41,42)/t27-,28-,29-,30-/m1/s1. The minimum atomic E-state index is -0.889. The van der Waals surface area contributed by atoms with Crippen LogP contribution in [-0.2, 0) is 31.9 Å². The second-order valence-corrected chi connectivity index (χ2v) is 14.6. The van der Waals surface area contributed by atoms with Crippen LogP contribution >= 0.6 is 0 Å². The van der Waals surface area contributed by atoms with E-state index in [1.807, 2.05) is 90.1 Å². The number of amides is 2. The van der Waals surface area contributed by atoms with Crippen molar-refractivity contribution in [2.45, 2.75) is 78.4 Å². The van der Waals surface area contributed by atoms with E-state index in [-0.39, 0.29) is 11.8 Å². The minimum Gasteiger partial charge on any atom is -0.481 e. The Morgan fingerprint density at radius 3 is 1.39 bits per heavy atom. The highest BCUT2D eigenvalue weighted by molar-refractivity contribution is 5.74. The number of carboxylic acid groups (broad SMARTS) is 2. The van der Waals surface area contributed by atoms with E-state index in [2.05, 4.69) is 0 Å². The minimum absolute atomic E-state index is 0.188. The summed E-state index contributed by atoms with van der Waals surface area (Å²) >= 11 is 0. The van der Waals surface area contributed by atoms with E-state index in [4.69, 9.17) is 9.47 Å². The molecular weight excluding hydrogens is 588 g/mol. The van der Waals surface area contributed by atoms with Gasteiger partial charge in [-0.05, 0) is 101 Å². The summed E-state index contributed by atoms with van der Waals surface area (Å²) in [5.41, 5.74) is 2.34. The zero-order valence-electron chi connectivity index (χ0n) is 27.8. The van der Waals surface area contributed by atoms with Gasteiger partial charge in [-0.2, -0.15) is 0 Å². The number of hydrogen-bond acceptors (Lipinski definition) is 6. The quantitative estimate of drug-likeness (QED) is 0.325. The fourth-order valence-corrected chi connectivity index (χ4v) is 6.39. The first kappa shape index (κ1) is 34.8. The van der Waals surface area contributed by atoms with Crippen LogP contribution in [0, 0.1) is 23.7 Å². The molecule has 2 N–H and O–H groups in total. The maximum atomic E-state index is 12.6. The van der Waals surface area contributed by atoms with Gasteiger partial charge in [0.25, 0.3) is 0 Å². The SMILES string of the molecule is CC(C)(C)OC(=O)N1CC[C@@H]([C@@H](Cc2cccc(-c3cccc(C[C@@H](C(=O)O)[C@@H]4CCN(C(=O)OC(C)(C)C)C4)c3)c2)C(=O)O)C1. The highest BCUT2D eigenvalue weighted by Gasteiger charge is 2.38. The Balaban J connectivity index is 1.43. The molecule has 46 heavy (non-hydrogen) atoms. The van der Waals surface area contributed by atoms with E-state index in [9.17, 15) is 29.4 Å². The highest BCUT2D eigenvalue weighted by Crippen LogP contribution is 2.32. The molecule has 2 fully saturated rings. The summed E-state index contributed by atoms with van der Waals surface area (Å²) in [6.45, 7) is 12.5. The molecule has 2 heterocycles. The molecule has 0 spiro atoms. The molecular formula is C36H48N2O8. The summed E-state index contributed by atoms with van der Waals surface area (Å²) < 4.78 is 11.0. The number of hydrogen-bond donors (Lipinski definition) is 2. The van der Waals surface area contributed by atoms with Gasteiger partial charge in [0.05, 0.1) is 11.8 Å². The van der Waals surface area contributed by atoms with Crippen molar-refractivity contribution >= 4 is 24.1 Å². The van der Waals surface area contributed by atoms with Crippen molar-refractivity contribution < 1.29 is 38.9 Å². The average molecular weight is 637 g/mol. The number of rotatable bonds is 9. The fraction of sp³-hybridized carbons (Fsp3) is 0.556. The van der Waals surface area contributed by atoms with Crippen LogP contribution in [0.25, 0.3) is 11.1 Å². The van der Waals surface area contributed by atoms with Gasteiger partial charge in [-0.25, -0.2) is 9.59 Å². The van der Waals surface area contributed by atoms with Crippen molar-refractivity contribution in [1.82, 2.24) is 9.80 Å². The van der Waals surface area contributed by atoms with Crippen LogP contribution in [0.5, 0.6) is 0 Å². The van der Waals surface area contributed by atoms with Crippen molar-refractivity contribution in [3.05, 3.63) is 59.7 Å². The van der Waals surface area contributed by atoms with Crippen molar-refractivity contribution in [1.29, 1.82) is 0 Å². The maximum Gasteiger partial charge on any atom is 0.410 e. The van der Waals surface area contributed by atoms with E-state index in [0.717, 1.165) is 22.3 Å². The first-order chi connectivity index (χ1) is 21.5. The Bertz CT molecular complexity index is 1320. The van der Waals surface area contributed by atoms with Gasteiger partial charge in [0.15, 0.2) is 0 Å². The summed E-state index contributed by atoms with van der Waals surface area (Å²) in [5, 5.41) is 20.3. The Kier molecular flexibility index (Phi) is 10.7. The number of aliphatic carboxylic acids is 2. The zero-order chi connectivity index (χ0) is 33.8. The predicted molar refractivity (Wildman–Crippen MR) is 173 cm³/mol. The van der Waals surface area contributed by atoms with Gasteiger partial charge < -0.3 is 29.5 Å². The molecule has 4 atom stereocenters. The number of carbonyl (C=O) groups excluding carboxylic acids is 2. The van der Waals surface area contributed by atoms with E-state index in [1.165, 1.54) is 0 Å². The summed E-state index contributed by atoms with van der Waals surface area (Å²) in [6, 6.07) is 15.5. The van der Waals surface area contributed by atoms with E-state index in [0.29, 0.717) is 51.9 Å². The lowest BCUT2D eigenvalue weighted by molar-refractivity contribution is -0.144. The largest absolute Gasteiger partial charge is 0.481 e. The van der Waals surface area contributed by atoms with Gasteiger partial charge in [-0.1, -0.05) is 48.5 Å². The van der Waals surface area contributed by atoms with E-state index in [1.54, 1.807) is 9.80 Å². The number of benzene rings is 2. The molecule has 0 aromatic heterocycles. The smallest absolute Gasteiger partial charge is 0.410 e. The number of likely N-dealkylation sites (tertiary alicyclic amines) is 2. The molecule has 2 aliphatic rings. The summed E-state index contributed by atoms with van der Waals surface area (Å²) in [6.07, 6.45) is 1.01. The van der Waals surface area contributed by atoms with Crippen LogP contribution in [-0.4, -0.2) is 81.5 Å². The fourth-order valence-electron chi connectivity index (χ4n) is 6.39. The first-order valence-corrected chi connectivity index (χ1v) is 16.1. The third kappa shape index (κ3) is 9.47. The van der Waals surface area contributed by atoms with Crippen LogP contribution in [0.1, 0.15) is 65.5 Å². The monoisotopic (exact) mass is 636 g/mol. The van der Waals surface area contributed by atoms with Gasteiger partial charge in [-0.3, -0.25) is 9.59 Å². The van der Waals surface area contributed by atoms with E-state index < -0.39 is 47.2 Å². The van der Waals surface area contributed by atoms with Crippen LogP contribution in [0.4, 0.5) is 9.59 Å². The van der Waals surface area contributed by atoms with Gasteiger partial charge in [-0.15, -0.1) is 0 Å². The molecule has 0 aliphatic carbocycles. The van der Waals surface area contributed by atoms with Gasteiger partial charge in [0.1, 0.15) is 11.2 Å². The lowest BCUT2D eigenvalue weighted by atomic mass is 9.84. The molecule has 250 valence electrons. The Labute approximate surface area is 271 Å². The summed E-state index contributed by atoms with van der Waals surface area (Å²) in [4.78, 5) is 53.0. The van der Waals surface area contributed by atoms with Crippen molar-refractivity contribution in [2.75, 3.05) is 26.2 Å². The molecule has 10 nitrogen and oxygen atoms in total. The molecule has 0 radical (unpaired) electrons. The van der Waals surface area contributed by atoms with Crippen molar-refractivity contribution in [2.24, 2.45) is 23.7 Å².